The molecule has 5 atom stereocenters. The first kappa shape index (κ1) is 24.3. The van der Waals surface area contributed by atoms with Crippen LogP contribution in [0.15, 0.2) is 60.7 Å². The summed E-state index contributed by atoms with van der Waals surface area (Å²) >= 11 is 0. The maximum Gasteiger partial charge on any atom is 0.338 e. The van der Waals surface area contributed by atoms with Gasteiger partial charge in [0.25, 0.3) is 10.1 Å². The molecule has 32 heavy (non-hydrogen) atoms. The molecular weight excluding hydrogens is 440 g/mol. The lowest BCUT2D eigenvalue weighted by atomic mass is 10.1. The van der Waals surface area contributed by atoms with E-state index in [9.17, 15) is 18.3 Å². The van der Waals surface area contributed by atoms with Crippen molar-refractivity contribution in [3.63, 3.8) is 0 Å². The number of esters is 1. The minimum atomic E-state index is -3.95. The number of aliphatic hydroxyl groups excluding tert-OH is 1. The molecule has 10 heteroatoms. The lowest BCUT2D eigenvalue weighted by molar-refractivity contribution is -0.163. The highest BCUT2D eigenvalue weighted by Gasteiger charge is 2.50. The number of carbonyl (C=O) groups excluding carboxylic acids is 1. The van der Waals surface area contributed by atoms with Crippen molar-refractivity contribution in [3.05, 3.63) is 71.8 Å². The van der Waals surface area contributed by atoms with Crippen molar-refractivity contribution < 1.29 is 41.4 Å². The summed E-state index contributed by atoms with van der Waals surface area (Å²) < 4.78 is 50.9. The normalized spacial score (nSPS) is 24.2. The first-order valence-electron chi connectivity index (χ1n) is 9.91. The fourth-order valence-electron chi connectivity index (χ4n) is 3.33. The molecule has 1 fully saturated rings. The van der Waals surface area contributed by atoms with Gasteiger partial charge in [-0.15, -0.1) is 0 Å². The van der Waals surface area contributed by atoms with Crippen LogP contribution in [0.4, 0.5) is 0 Å². The predicted molar refractivity (Wildman–Crippen MR) is 113 cm³/mol. The van der Waals surface area contributed by atoms with Crippen LogP contribution in [0.5, 0.6) is 0 Å². The zero-order valence-corrected chi connectivity index (χ0v) is 18.5. The van der Waals surface area contributed by atoms with Gasteiger partial charge in [-0.2, -0.15) is 8.42 Å². The Hall–Kier alpha value is -2.34. The average molecular weight is 467 g/mol. The smallest absolute Gasteiger partial charge is 0.338 e. The Morgan fingerprint density at radius 2 is 1.72 bits per heavy atom. The number of ether oxygens (including phenoxy) is 4. The molecule has 0 spiro atoms. The molecule has 174 valence electrons. The van der Waals surface area contributed by atoms with Gasteiger partial charge in [-0.25, -0.2) is 4.79 Å². The fourth-order valence-corrected chi connectivity index (χ4v) is 3.95. The summed E-state index contributed by atoms with van der Waals surface area (Å²) in [7, 11) is -2.62. The van der Waals surface area contributed by atoms with Crippen molar-refractivity contribution in [1.29, 1.82) is 0 Å². The lowest BCUT2D eigenvalue weighted by Gasteiger charge is -2.27. The minimum absolute atomic E-state index is 0.133. The SMILES string of the molecule is CO[C@@H]1O[C@H]([C@H](COC(=O)c2ccccc2)OS(C)(=O)=O)[C@@H](OCc2ccccc2)C1O. The first-order chi connectivity index (χ1) is 15.3. The van der Waals surface area contributed by atoms with Crippen LogP contribution in [0, 0.1) is 0 Å². The molecule has 9 nitrogen and oxygen atoms in total. The van der Waals surface area contributed by atoms with Gasteiger partial charge in [0.15, 0.2) is 6.29 Å². The average Bonchev–Trinajstić information content (AvgIpc) is 3.10. The van der Waals surface area contributed by atoms with Gasteiger partial charge in [0, 0.05) is 7.11 Å². The van der Waals surface area contributed by atoms with Gasteiger partial charge in [-0.3, -0.25) is 4.18 Å². The van der Waals surface area contributed by atoms with E-state index in [-0.39, 0.29) is 6.61 Å². The third-order valence-electron chi connectivity index (χ3n) is 4.80. The molecule has 1 unspecified atom stereocenters. The molecule has 1 heterocycles. The Morgan fingerprint density at radius 3 is 2.31 bits per heavy atom. The molecule has 1 aliphatic heterocycles. The zero-order chi connectivity index (χ0) is 23.1. The Kier molecular flexibility index (Phi) is 8.35. The highest BCUT2D eigenvalue weighted by molar-refractivity contribution is 7.86. The predicted octanol–water partition coefficient (Wildman–Crippen LogP) is 1.51. The van der Waals surface area contributed by atoms with Crippen LogP contribution >= 0.6 is 0 Å². The number of hydrogen-bond donors (Lipinski definition) is 1. The highest BCUT2D eigenvalue weighted by Crippen LogP contribution is 2.30. The minimum Gasteiger partial charge on any atom is -0.459 e. The maximum absolute atomic E-state index is 12.3. The van der Waals surface area contributed by atoms with Crippen molar-refractivity contribution in [2.45, 2.75) is 37.3 Å². The van der Waals surface area contributed by atoms with Crippen LogP contribution in [-0.2, 0) is 39.9 Å². The first-order valence-corrected chi connectivity index (χ1v) is 11.7. The molecule has 3 rings (SSSR count). The van der Waals surface area contributed by atoms with Crippen molar-refractivity contribution in [2.75, 3.05) is 20.0 Å². The van der Waals surface area contributed by atoms with Crippen LogP contribution in [0.1, 0.15) is 15.9 Å². The Labute approximate surface area is 186 Å². The van der Waals surface area contributed by atoms with E-state index in [0.717, 1.165) is 11.8 Å². The Bertz CT molecular complexity index is 965. The van der Waals surface area contributed by atoms with E-state index < -0.39 is 53.4 Å². The molecule has 0 bridgehead atoms. The molecule has 1 N–H and O–H groups in total. The molecule has 0 radical (unpaired) electrons. The van der Waals surface area contributed by atoms with Crippen LogP contribution in [0.25, 0.3) is 0 Å². The van der Waals surface area contributed by atoms with Gasteiger partial charge in [-0.1, -0.05) is 48.5 Å². The van der Waals surface area contributed by atoms with Crippen molar-refractivity contribution in [1.82, 2.24) is 0 Å². The molecule has 1 saturated heterocycles. The fraction of sp³-hybridized carbons (Fsp3) is 0.409. The molecule has 0 saturated carbocycles. The quantitative estimate of drug-likeness (QED) is 0.411. The lowest BCUT2D eigenvalue weighted by Crippen LogP contribution is -2.45. The molecule has 1 aliphatic rings. The van der Waals surface area contributed by atoms with Gasteiger partial charge in [-0.05, 0) is 17.7 Å². The molecule has 0 amide bonds. The van der Waals surface area contributed by atoms with E-state index in [1.807, 2.05) is 30.3 Å². The third kappa shape index (κ3) is 6.58. The van der Waals surface area contributed by atoms with Gasteiger partial charge in [0.2, 0.25) is 0 Å². The van der Waals surface area contributed by atoms with E-state index in [2.05, 4.69) is 0 Å². The standard InChI is InChI=1S/C22H26O9S/c1-27-22-18(23)20(28-13-15-9-5-3-6-10-15)19(30-22)17(31-32(2,25)26)14-29-21(24)16-11-7-4-8-12-16/h3-12,17-20,22-23H,13-14H2,1-2H3/t17-,18?,19+,20-,22+/m0/s1. The van der Waals surface area contributed by atoms with E-state index in [1.54, 1.807) is 30.3 Å². The molecule has 0 aliphatic carbocycles. The monoisotopic (exact) mass is 466 g/mol. The highest BCUT2D eigenvalue weighted by atomic mass is 32.2. The number of rotatable bonds is 10. The topological polar surface area (TPSA) is 118 Å². The summed E-state index contributed by atoms with van der Waals surface area (Å²) in [5.41, 5.74) is 1.14. The maximum atomic E-state index is 12.3. The summed E-state index contributed by atoms with van der Waals surface area (Å²) in [5.74, 6) is -0.656. The summed E-state index contributed by atoms with van der Waals surface area (Å²) in [5, 5.41) is 10.6. The summed E-state index contributed by atoms with van der Waals surface area (Å²) in [6.07, 6.45) is -4.77. The van der Waals surface area contributed by atoms with Gasteiger partial charge < -0.3 is 24.1 Å². The second-order valence-corrected chi connectivity index (χ2v) is 8.86. The van der Waals surface area contributed by atoms with Gasteiger partial charge in [0.1, 0.15) is 31.0 Å². The van der Waals surface area contributed by atoms with E-state index in [1.165, 1.54) is 7.11 Å². The second-order valence-electron chi connectivity index (χ2n) is 7.26. The number of hydrogen-bond acceptors (Lipinski definition) is 9. The van der Waals surface area contributed by atoms with Crippen LogP contribution < -0.4 is 0 Å². The summed E-state index contributed by atoms with van der Waals surface area (Å²) in [4.78, 5) is 12.3. The number of aliphatic hydroxyl groups is 1. The van der Waals surface area contributed by atoms with Gasteiger partial charge >= 0.3 is 5.97 Å². The van der Waals surface area contributed by atoms with Gasteiger partial charge in [0.05, 0.1) is 18.4 Å². The Balaban J connectivity index is 1.77. The Morgan fingerprint density at radius 1 is 1.09 bits per heavy atom. The second kappa shape index (κ2) is 11.0. The third-order valence-corrected chi connectivity index (χ3v) is 5.40. The van der Waals surface area contributed by atoms with E-state index >= 15 is 0 Å². The van der Waals surface area contributed by atoms with Crippen molar-refractivity contribution in [2.24, 2.45) is 0 Å². The van der Waals surface area contributed by atoms with E-state index in [4.69, 9.17) is 23.1 Å². The molecule has 0 aromatic heterocycles. The van der Waals surface area contributed by atoms with E-state index in [0.29, 0.717) is 5.56 Å². The van der Waals surface area contributed by atoms with Crippen molar-refractivity contribution in [3.8, 4) is 0 Å². The van der Waals surface area contributed by atoms with Crippen molar-refractivity contribution >= 4 is 16.1 Å². The summed E-state index contributed by atoms with van der Waals surface area (Å²) in [6.45, 7) is -0.311. The zero-order valence-electron chi connectivity index (χ0n) is 17.7. The molecule has 2 aromatic rings. The van der Waals surface area contributed by atoms with Crippen LogP contribution in [0.2, 0.25) is 0 Å². The van der Waals surface area contributed by atoms with Crippen LogP contribution in [-0.4, -0.2) is 70.2 Å². The van der Waals surface area contributed by atoms with Crippen LogP contribution in [0.3, 0.4) is 0 Å². The molecule has 2 aromatic carbocycles. The number of carbonyl (C=O) groups is 1. The summed E-state index contributed by atoms with van der Waals surface area (Å²) in [6, 6.07) is 17.5. The molecular formula is C22H26O9S. The largest absolute Gasteiger partial charge is 0.459 e. The number of benzene rings is 2. The number of methoxy groups -OCH3 is 1.